The molecule has 1 unspecified atom stereocenters. The van der Waals surface area contributed by atoms with Crippen molar-refractivity contribution in [2.75, 3.05) is 0 Å². The molecule has 0 amide bonds. The van der Waals surface area contributed by atoms with Gasteiger partial charge in [0, 0.05) is 0 Å². The molecule has 0 aliphatic heterocycles. The Morgan fingerprint density at radius 1 is 1.28 bits per heavy atom. The maximum absolute atomic E-state index is 10.1. The monoisotopic (exact) mass is 248 g/mol. The topological polar surface area (TPSA) is 29.5 Å². The fourth-order valence-corrected chi connectivity index (χ4v) is 2.10. The van der Waals surface area contributed by atoms with Crippen molar-refractivity contribution >= 4 is 0 Å². The summed E-state index contributed by atoms with van der Waals surface area (Å²) in [5.74, 6) is 0.905. The van der Waals surface area contributed by atoms with Gasteiger partial charge in [0.25, 0.3) is 0 Å². The number of aliphatic hydroxyl groups excluding tert-OH is 1. The molecule has 1 aromatic carbocycles. The molecule has 0 aromatic heterocycles. The van der Waals surface area contributed by atoms with Crippen LogP contribution in [0.25, 0.3) is 0 Å². The Kier molecular flexibility index (Phi) is 5.06. The van der Waals surface area contributed by atoms with Crippen LogP contribution in [0.5, 0.6) is 5.75 Å². The second-order valence-electron chi connectivity index (χ2n) is 5.25. The normalized spacial score (nSPS) is 16.6. The smallest absolute Gasteiger partial charge is 0.120 e. The third-order valence-electron chi connectivity index (χ3n) is 3.40. The molecule has 0 bridgehead atoms. The maximum Gasteiger partial charge on any atom is 0.120 e. The van der Waals surface area contributed by atoms with Crippen molar-refractivity contribution in [2.24, 2.45) is 0 Å². The van der Waals surface area contributed by atoms with E-state index in [-0.39, 0.29) is 6.10 Å². The number of rotatable bonds is 8. The second-order valence-corrected chi connectivity index (χ2v) is 5.25. The van der Waals surface area contributed by atoms with Crippen molar-refractivity contribution in [3.8, 4) is 5.75 Å². The van der Waals surface area contributed by atoms with Gasteiger partial charge in [-0.15, -0.1) is 0 Å². The summed E-state index contributed by atoms with van der Waals surface area (Å²) in [6.07, 6.45) is 8.08. The van der Waals surface area contributed by atoms with E-state index in [0.717, 1.165) is 24.2 Å². The highest BCUT2D eigenvalue weighted by molar-refractivity contribution is 5.30. The molecule has 1 fully saturated rings. The van der Waals surface area contributed by atoms with Gasteiger partial charge in [-0.3, -0.25) is 0 Å². The van der Waals surface area contributed by atoms with Gasteiger partial charge in [-0.05, 0) is 37.0 Å². The summed E-state index contributed by atoms with van der Waals surface area (Å²) in [5.41, 5.74) is 0.990. The Labute approximate surface area is 110 Å². The Morgan fingerprint density at radius 2 is 2.11 bits per heavy atom. The Bertz CT molecular complexity index is 358. The molecular formula is C16H24O2. The van der Waals surface area contributed by atoms with Crippen molar-refractivity contribution < 1.29 is 9.84 Å². The van der Waals surface area contributed by atoms with Gasteiger partial charge in [0.15, 0.2) is 0 Å². The molecule has 2 heteroatoms. The van der Waals surface area contributed by atoms with Crippen molar-refractivity contribution in [1.29, 1.82) is 0 Å². The van der Waals surface area contributed by atoms with E-state index in [1.54, 1.807) is 0 Å². The zero-order chi connectivity index (χ0) is 12.8. The largest absolute Gasteiger partial charge is 0.490 e. The van der Waals surface area contributed by atoms with Gasteiger partial charge in [-0.1, -0.05) is 44.7 Å². The summed E-state index contributed by atoms with van der Waals surface area (Å²) in [6, 6.07) is 7.93. The molecule has 100 valence electrons. The van der Waals surface area contributed by atoms with E-state index in [1.165, 1.54) is 32.1 Å². The van der Waals surface area contributed by atoms with E-state index in [2.05, 4.69) is 6.92 Å². The number of hydrogen-bond donors (Lipinski definition) is 1. The summed E-state index contributed by atoms with van der Waals surface area (Å²) in [6.45, 7) is 2.20. The van der Waals surface area contributed by atoms with Crippen LogP contribution in [0.1, 0.15) is 63.5 Å². The molecule has 2 rings (SSSR count). The second kappa shape index (κ2) is 6.79. The van der Waals surface area contributed by atoms with Gasteiger partial charge in [0.1, 0.15) is 5.75 Å². The lowest BCUT2D eigenvalue weighted by Crippen LogP contribution is -2.00. The van der Waals surface area contributed by atoms with Crippen LogP contribution in [0.4, 0.5) is 0 Å². The zero-order valence-corrected chi connectivity index (χ0v) is 11.3. The molecule has 1 aliphatic carbocycles. The van der Waals surface area contributed by atoms with Crippen molar-refractivity contribution in [3.05, 3.63) is 29.8 Å². The standard InChI is InChI=1S/C16H24O2/c1-2-3-4-5-9-16(17)13-7-6-8-15(12-13)18-14-10-11-14/h6-8,12,14,16-17H,2-5,9-11H2,1H3. The summed E-state index contributed by atoms with van der Waals surface area (Å²) in [4.78, 5) is 0. The molecule has 1 aromatic rings. The minimum absolute atomic E-state index is 0.343. The van der Waals surface area contributed by atoms with E-state index in [1.807, 2.05) is 24.3 Å². The lowest BCUT2D eigenvalue weighted by molar-refractivity contribution is 0.162. The van der Waals surface area contributed by atoms with Crippen molar-refractivity contribution in [1.82, 2.24) is 0 Å². The number of benzene rings is 1. The minimum atomic E-state index is -0.343. The SMILES string of the molecule is CCCCCCC(O)c1cccc(OC2CC2)c1. The number of aliphatic hydroxyl groups is 1. The van der Waals surface area contributed by atoms with Crippen LogP contribution in [0, 0.1) is 0 Å². The first-order chi connectivity index (χ1) is 8.79. The number of ether oxygens (including phenoxy) is 1. The molecule has 1 aliphatic rings. The van der Waals surface area contributed by atoms with Crippen molar-refractivity contribution in [3.63, 3.8) is 0 Å². The molecule has 1 saturated carbocycles. The van der Waals surface area contributed by atoms with Gasteiger partial charge in [0.2, 0.25) is 0 Å². The van der Waals surface area contributed by atoms with Gasteiger partial charge in [-0.25, -0.2) is 0 Å². The van der Waals surface area contributed by atoms with Gasteiger partial charge < -0.3 is 9.84 Å². The van der Waals surface area contributed by atoms with Crippen LogP contribution in [0.15, 0.2) is 24.3 Å². The maximum atomic E-state index is 10.1. The Hall–Kier alpha value is -1.02. The minimum Gasteiger partial charge on any atom is -0.490 e. The van der Waals surface area contributed by atoms with E-state index < -0.39 is 0 Å². The van der Waals surface area contributed by atoms with Crippen LogP contribution in [-0.2, 0) is 0 Å². The van der Waals surface area contributed by atoms with Gasteiger partial charge in [0.05, 0.1) is 12.2 Å². The van der Waals surface area contributed by atoms with Crippen LogP contribution in [0.2, 0.25) is 0 Å². The summed E-state index contributed by atoms with van der Waals surface area (Å²) in [7, 11) is 0. The van der Waals surface area contributed by atoms with E-state index in [9.17, 15) is 5.11 Å². The third-order valence-corrected chi connectivity index (χ3v) is 3.40. The van der Waals surface area contributed by atoms with E-state index in [4.69, 9.17) is 4.74 Å². The molecular weight excluding hydrogens is 224 g/mol. The van der Waals surface area contributed by atoms with Crippen LogP contribution < -0.4 is 4.74 Å². The van der Waals surface area contributed by atoms with E-state index >= 15 is 0 Å². The third kappa shape index (κ3) is 4.34. The molecule has 0 radical (unpaired) electrons. The average Bonchev–Trinajstić information content (AvgIpc) is 3.19. The average molecular weight is 248 g/mol. The molecule has 1 N–H and O–H groups in total. The Morgan fingerprint density at radius 3 is 2.83 bits per heavy atom. The molecule has 0 spiro atoms. The molecule has 0 saturated heterocycles. The lowest BCUT2D eigenvalue weighted by atomic mass is 10.0. The first-order valence-corrected chi connectivity index (χ1v) is 7.24. The molecule has 1 atom stereocenters. The lowest BCUT2D eigenvalue weighted by Gasteiger charge is -2.12. The number of unbranched alkanes of at least 4 members (excludes halogenated alkanes) is 3. The number of hydrogen-bond acceptors (Lipinski definition) is 2. The molecule has 2 nitrogen and oxygen atoms in total. The summed E-state index contributed by atoms with van der Waals surface area (Å²) in [5, 5.41) is 10.1. The fraction of sp³-hybridized carbons (Fsp3) is 0.625. The van der Waals surface area contributed by atoms with Crippen LogP contribution in [-0.4, -0.2) is 11.2 Å². The summed E-state index contributed by atoms with van der Waals surface area (Å²) < 4.78 is 5.75. The molecule has 18 heavy (non-hydrogen) atoms. The molecule has 0 heterocycles. The van der Waals surface area contributed by atoms with Crippen LogP contribution >= 0.6 is 0 Å². The quantitative estimate of drug-likeness (QED) is 0.697. The van der Waals surface area contributed by atoms with Gasteiger partial charge in [-0.2, -0.15) is 0 Å². The highest BCUT2D eigenvalue weighted by Gasteiger charge is 2.23. The van der Waals surface area contributed by atoms with Crippen LogP contribution in [0.3, 0.4) is 0 Å². The highest BCUT2D eigenvalue weighted by atomic mass is 16.5. The highest BCUT2D eigenvalue weighted by Crippen LogP contribution is 2.29. The fourth-order valence-electron chi connectivity index (χ4n) is 2.10. The van der Waals surface area contributed by atoms with E-state index in [0.29, 0.717) is 6.10 Å². The first kappa shape index (κ1) is 13.4. The van der Waals surface area contributed by atoms with Gasteiger partial charge >= 0.3 is 0 Å². The zero-order valence-electron chi connectivity index (χ0n) is 11.3. The first-order valence-electron chi connectivity index (χ1n) is 7.24. The predicted molar refractivity (Wildman–Crippen MR) is 73.8 cm³/mol. The Balaban J connectivity index is 1.82. The predicted octanol–water partition coefficient (Wildman–Crippen LogP) is 4.23. The summed E-state index contributed by atoms with van der Waals surface area (Å²) >= 11 is 0. The van der Waals surface area contributed by atoms with Crippen molar-refractivity contribution in [2.45, 2.75) is 64.1 Å².